The van der Waals surface area contributed by atoms with Crippen molar-refractivity contribution in [3.05, 3.63) is 50.8 Å². The molecular formula is C19H20ClN3O2S. The maximum atomic E-state index is 12.8. The third kappa shape index (κ3) is 3.42. The number of halogens is 1. The van der Waals surface area contributed by atoms with Gasteiger partial charge in [-0.05, 0) is 19.9 Å². The highest BCUT2D eigenvalue weighted by Crippen LogP contribution is 2.34. The topological polar surface area (TPSA) is 58.2 Å². The number of morpholine rings is 1. The van der Waals surface area contributed by atoms with Crippen LogP contribution in [-0.2, 0) is 11.3 Å². The molecule has 1 saturated heterocycles. The highest BCUT2D eigenvalue weighted by atomic mass is 35.5. The average molecular weight is 390 g/mol. The Bertz CT molecular complexity index is 990. The number of aromatic nitrogens is 2. The number of benzene rings is 1. The number of nitrogens with one attached hydrogen (secondary N) is 1. The molecule has 0 radical (unpaired) electrons. The van der Waals surface area contributed by atoms with Gasteiger partial charge in [0.05, 0.1) is 24.1 Å². The summed E-state index contributed by atoms with van der Waals surface area (Å²) in [5.41, 5.74) is 1.58. The lowest BCUT2D eigenvalue weighted by Gasteiger charge is -2.34. The molecule has 3 aromatic rings. The molecule has 1 aromatic carbocycles. The second-order valence-electron chi connectivity index (χ2n) is 6.77. The summed E-state index contributed by atoms with van der Waals surface area (Å²) in [6, 6.07) is 7.55. The smallest absolute Gasteiger partial charge is 0.260 e. The Hall–Kier alpha value is -1.73. The molecule has 0 amide bonds. The summed E-state index contributed by atoms with van der Waals surface area (Å²) in [6.45, 7) is 6.42. The zero-order valence-corrected chi connectivity index (χ0v) is 16.2. The Morgan fingerprint density at radius 3 is 2.73 bits per heavy atom. The largest absolute Gasteiger partial charge is 0.373 e. The zero-order chi connectivity index (χ0) is 18.3. The standard InChI is InChI=1S/C19H20ClN3O2S/c1-11-7-23(8-12(2)25-11)9-16-21-18(24)17-14(10-26-19(17)22-16)13-5-3-4-6-15(13)20/h3-6,10-12H,7-9H2,1-2H3,(H,21,22,24)/t11-,12-/m0/s1. The van der Waals surface area contributed by atoms with Gasteiger partial charge < -0.3 is 9.72 Å². The first kappa shape index (κ1) is 17.7. The van der Waals surface area contributed by atoms with Crippen LogP contribution in [0.5, 0.6) is 0 Å². The molecule has 2 aromatic heterocycles. The quantitative estimate of drug-likeness (QED) is 0.737. The van der Waals surface area contributed by atoms with Crippen molar-refractivity contribution >= 4 is 33.2 Å². The molecule has 136 valence electrons. The van der Waals surface area contributed by atoms with E-state index in [0.29, 0.717) is 22.8 Å². The molecule has 1 fully saturated rings. The van der Waals surface area contributed by atoms with Crippen molar-refractivity contribution in [1.29, 1.82) is 0 Å². The SMILES string of the molecule is C[C@H]1CN(Cc2nc3scc(-c4ccccc4Cl)c3c(=O)[nH]2)C[C@H](C)O1. The maximum absolute atomic E-state index is 12.8. The van der Waals surface area contributed by atoms with E-state index in [1.165, 1.54) is 11.3 Å². The number of thiophene rings is 1. The van der Waals surface area contributed by atoms with Gasteiger partial charge in [-0.1, -0.05) is 29.8 Å². The fourth-order valence-electron chi connectivity index (χ4n) is 3.57. The van der Waals surface area contributed by atoms with Gasteiger partial charge in [-0.25, -0.2) is 4.98 Å². The van der Waals surface area contributed by atoms with Gasteiger partial charge in [-0.2, -0.15) is 0 Å². The third-order valence-corrected chi connectivity index (χ3v) is 5.73. The Morgan fingerprint density at radius 1 is 1.27 bits per heavy atom. The van der Waals surface area contributed by atoms with Crippen molar-refractivity contribution in [1.82, 2.24) is 14.9 Å². The molecule has 0 unspecified atom stereocenters. The molecule has 0 saturated carbocycles. The number of hydrogen-bond donors (Lipinski definition) is 1. The normalized spacial score (nSPS) is 21.3. The summed E-state index contributed by atoms with van der Waals surface area (Å²) in [6.07, 6.45) is 0.366. The van der Waals surface area contributed by atoms with Gasteiger partial charge in [0.25, 0.3) is 5.56 Å². The summed E-state index contributed by atoms with van der Waals surface area (Å²) >= 11 is 7.79. The van der Waals surface area contributed by atoms with Gasteiger partial charge in [-0.3, -0.25) is 9.69 Å². The Morgan fingerprint density at radius 2 is 2.00 bits per heavy atom. The highest BCUT2D eigenvalue weighted by Gasteiger charge is 2.23. The fourth-order valence-corrected chi connectivity index (χ4v) is 4.77. The van der Waals surface area contributed by atoms with Crippen LogP contribution < -0.4 is 5.56 Å². The first-order valence-corrected chi connectivity index (χ1v) is 9.90. The van der Waals surface area contributed by atoms with Crippen LogP contribution in [0, 0.1) is 0 Å². The zero-order valence-electron chi connectivity index (χ0n) is 14.7. The van der Waals surface area contributed by atoms with E-state index in [4.69, 9.17) is 21.3 Å². The van der Waals surface area contributed by atoms with E-state index < -0.39 is 0 Å². The van der Waals surface area contributed by atoms with Crippen LogP contribution in [0.4, 0.5) is 0 Å². The molecular weight excluding hydrogens is 370 g/mol. The Labute approximate surface area is 160 Å². The molecule has 7 heteroatoms. The minimum atomic E-state index is -0.115. The second kappa shape index (κ2) is 7.12. The van der Waals surface area contributed by atoms with Crippen molar-refractivity contribution in [3.63, 3.8) is 0 Å². The van der Waals surface area contributed by atoms with Crippen LogP contribution in [0.15, 0.2) is 34.4 Å². The lowest BCUT2D eigenvalue weighted by atomic mass is 10.1. The van der Waals surface area contributed by atoms with Crippen molar-refractivity contribution in [3.8, 4) is 11.1 Å². The number of nitrogens with zero attached hydrogens (tertiary/aromatic N) is 2. The van der Waals surface area contributed by atoms with Gasteiger partial charge in [0.15, 0.2) is 0 Å². The van der Waals surface area contributed by atoms with Crippen LogP contribution in [-0.4, -0.2) is 40.2 Å². The molecule has 4 rings (SSSR count). The number of hydrogen-bond acceptors (Lipinski definition) is 5. The monoisotopic (exact) mass is 389 g/mol. The van der Waals surface area contributed by atoms with Crippen LogP contribution in [0.25, 0.3) is 21.3 Å². The Kier molecular flexibility index (Phi) is 4.84. The third-order valence-electron chi connectivity index (χ3n) is 4.53. The van der Waals surface area contributed by atoms with Gasteiger partial charge >= 0.3 is 0 Å². The second-order valence-corrected chi connectivity index (χ2v) is 8.04. The summed E-state index contributed by atoms with van der Waals surface area (Å²) < 4.78 is 5.77. The van der Waals surface area contributed by atoms with Crippen molar-refractivity contribution in [2.45, 2.75) is 32.6 Å². The summed E-state index contributed by atoms with van der Waals surface area (Å²) in [4.78, 5) is 23.4. The first-order chi connectivity index (χ1) is 12.5. The van der Waals surface area contributed by atoms with Crippen LogP contribution in [0.1, 0.15) is 19.7 Å². The molecule has 0 bridgehead atoms. The van der Waals surface area contributed by atoms with E-state index >= 15 is 0 Å². The number of aromatic amines is 1. The number of H-pyrrole nitrogens is 1. The number of ether oxygens (including phenoxy) is 1. The highest BCUT2D eigenvalue weighted by molar-refractivity contribution is 7.17. The van der Waals surface area contributed by atoms with Gasteiger partial charge in [0.2, 0.25) is 0 Å². The van der Waals surface area contributed by atoms with Gasteiger partial charge in [0.1, 0.15) is 10.7 Å². The summed E-state index contributed by atoms with van der Waals surface area (Å²) in [7, 11) is 0. The predicted molar refractivity (Wildman–Crippen MR) is 106 cm³/mol. The molecule has 3 heterocycles. The minimum Gasteiger partial charge on any atom is -0.373 e. The molecule has 5 nitrogen and oxygen atoms in total. The van der Waals surface area contributed by atoms with Gasteiger partial charge in [-0.15, -0.1) is 11.3 Å². The lowest BCUT2D eigenvalue weighted by Crippen LogP contribution is -2.45. The molecule has 2 atom stereocenters. The van der Waals surface area contributed by atoms with E-state index in [1.807, 2.05) is 29.6 Å². The van der Waals surface area contributed by atoms with E-state index in [-0.39, 0.29) is 17.8 Å². The van der Waals surface area contributed by atoms with E-state index in [0.717, 1.165) is 29.0 Å². The van der Waals surface area contributed by atoms with Gasteiger partial charge in [0, 0.05) is 34.6 Å². The molecule has 0 aliphatic carbocycles. The molecule has 26 heavy (non-hydrogen) atoms. The average Bonchev–Trinajstić information content (AvgIpc) is 2.98. The Balaban J connectivity index is 1.68. The predicted octanol–water partition coefficient (Wildman–Crippen LogP) is 3.91. The summed E-state index contributed by atoms with van der Waals surface area (Å²) in [5.74, 6) is 0.691. The van der Waals surface area contributed by atoms with Crippen molar-refractivity contribution in [2.75, 3.05) is 13.1 Å². The maximum Gasteiger partial charge on any atom is 0.260 e. The van der Waals surface area contributed by atoms with Crippen molar-refractivity contribution < 1.29 is 4.74 Å². The fraction of sp³-hybridized carbons (Fsp3) is 0.368. The molecule has 1 N–H and O–H groups in total. The van der Waals surface area contributed by atoms with E-state index in [9.17, 15) is 4.79 Å². The number of rotatable bonds is 3. The molecule has 1 aliphatic heterocycles. The first-order valence-electron chi connectivity index (χ1n) is 8.64. The van der Waals surface area contributed by atoms with Crippen LogP contribution in [0.2, 0.25) is 5.02 Å². The van der Waals surface area contributed by atoms with Crippen molar-refractivity contribution in [2.24, 2.45) is 0 Å². The molecule has 1 aliphatic rings. The van der Waals surface area contributed by atoms with Crippen LogP contribution >= 0.6 is 22.9 Å². The van der Waals surface area contributed by atoms with Crippen LogP contribution in [0.3, 0.4) is 0 Å². The van der Waals surface area contributed by atoms with E-state index in [1.54, 1.807) is 0 Å². The lowest BCUT2D eigenvalue weighted by molar-refractivity contribution is -0.0710. The molecule has 0 spiro atoms. The van der Waals surface area contributed by atoms with E-state index in [2.05, 4.69) is 23.7 Å². The summed E-state index contributed by atoms with van der Waals surface area (Å²) in [5, 5.41) is 3.19. The number of fused-ring (bicyclic) bond motifs is 1. The minimum absolute atomic E-state index is 0.115.